The van der Waals surface area contributed by atoms with Crippen molar-refractivity contribution in [3.05, 3.63) is 35.6 Å². The van der Waals surface area contributed by atoms with Crippen molar-refractivity contribution in [2.45, 2.75) is 18.7 Å². The third-order valence-corrected chi connectivity index (χ3v) is 2.03. The zero-order chi connectivity index (χ0) is 10.8. The SMILES string of the molecule is CC(O)(c1ccccc1F)C(F)C#N. The summed E-state index contributed by atoms with van der Waals surface area (Å²) < 4.78 is 26.1. The molecule has 0 aliphatic rings. The Morgan fingerprint density at radius 2 is 2.07 bits per heavy atom. The molecule has 1 N–H and O–H groups in total. The van der Waals surface area contributed by atoms with Gasteiger partial charge < -0.3 is 5.11 Å². The third kappa shape index (κ3) is 1.73. The zero-order valence-corrected chi connectivity index (χ0v) is 7.54. The molecule has 1 aromatic rings. The predicted octanol–water partition coefficient (Wildman–Crippen LogP) is 1.89. The molecule has 0 radical (unpaired) electrons. The van der Waals surface area contributed by atoms with Gasteiger partial charge in [-0.15, -0.1) is 0 Å². The van der Waals surface area contributed by atoms with Gasteiger partial charge in [0.2, 0.25) is 6.17 Å². The van der Waals surface area contributed by atoms with Gasteiger partial charge in [0.1, 0.15) is 17.5 Å². The smallest absolute Gasteiger partial charge is 0.218 e. The van der Waals surface area contributed by atoms with Gasteiger partial charge in [-0.05, 0) is 13.0 Å². The Labute approximate surface area is 80.4 Å². The van der Waals surface area contributed by atoms with E-state index in [-0.39, 0.29) is 5.56 Å². The van der Waals surface area contributed by atoms with Gasteiger partial charge >= 0.3 is 0 Å². The van der Waals surface area contributed by atoms with Gasteiger partial charge in [0, 0.05) is 5.56 Å². The average Bonchev–Trinajstić information content (AvgIpc) is 2.17. The first-order valence-corrected chi connectivity index (χ1v) is 4.01. The summed E-state index contributed by atoms with van der Waals surface area (Å²) in [6.45, 7) is 1.07. The van der Waals surface area contributed by atoms with Crippen LogP contribution < -0.4 is 0 Å². The van der Waals surface area contributed by atoms with Crippen molar-refractivity contribution in [2.75, 3.05) is 0 Å². The lowest BCUT2D eigenvalue weighted by Gasteiger charge is -2.23. The van der Waals surface area contributed by atoms with Gasteiger partial charge in [0.25, 0.3) is 0 Å². The van der Waals surface area contributed by atoms with Gasteiger partial charge in [0.05, 0.1) is 0 Å². The molecule has 2 atom stereocenters. The van der Waals surface area contributed by atoms with Crippen LogP contribution in [0.3, 0.4) is 0 Å². The quantitative estimate of drug-likeness (QED) is 0.786. The lowest BCUT2D eigenvalue weighted by atomic mass is 9.91. The molecule has 0 bridgehead atoms. The molecule has 0 fully saturated rings. The molecular formula is C10H9F2NO. The molecule has 0 heterocycles. The first-order chi connectivity index (χ1) is 6.50. The fraction of sp³-hybridized carbons (Fsp3) is 0.300. The highest BCUT2D eigenvalue weighted by molar-refractivity contribution is 5.26. The topological polar surface area (TPSA) is 44.0 Å². The number of nitrogens with zero attached hydrogens (tertiary/aromatic N) is 1. The normalized spacial score (nSPS) is 16.8. The van der Waals surface area contributed by atoms with Crippen LogP contribution in [-0.4, -0.2) is 11.3 Å². The molecule has 1 rings (SSSR count). The number of hydrogen-bond acceptors (Lipinski definition) is 2. The fourth-order valence-electron chi connectivity index (χ4n) is 1.13. The van der Waals surface area contributed by atoms with E-state index < -0.39 is 17.6 Å². The first kappa shape index (κ1) is 10.6. The van der Waals surface area contributed by atoms with Crippen molar-refractivity contribution in [2.24, 2.45) is 0 Å². The maximum absolute atomic E-state index is 13.1. The molecule has 74 valence electrons. The maximum Gasteiger partial charge on any atom is 0.218 e. The Bertz CT molecular complexity index is 371. The van der Waals surface area contributed by atoms with Gasteiger partial charge in [0.15, 0.2) is 0 Å². The van der Waals surface area contributed by atoms with Crippen LogP contribution in [-0.2, 0) is 5.60 Å². The molecule has 2 unspecified atom stereocenters. The average molecular weight is 197 g/mol. The molecule has 0 aliphatic heterocycles. The monoisotopic (exact) mass is 197 g/mol. The number of halogens is 2. The first-order valence-electron chi connectivity index (χ1n) is 4.01. The number of alkyl halides is 1. The Balaban J connectivity index is 3.17. The molecule has 2 nitrogen and oxygen atoms in total. The van der Waals surface area contributed by atoms with E-state index in [4.69, 9.17) is 5.26 Å². The molecule has 0 amide bonds. The molecule has 0 saturated heterocycles. The molecule has 0 saturated carbocycles. The van der Waals surface area contributed by atoms with E-state index in [2.05, 4.69) is 0 Å². The van der Waals surface area contributed by atoms with E-state index in [1.165, 1.54) is 24.3 Å². The number of hydrogen-bond donors (Lipinski definition) is 1. The van der Waals surface area contributed by atoms with Crippen LogP contribution >= 0.6 is 0 Å². The molecule has 14 heavy (non-hydrogen) atoms. The van der Waals surface area contributed by atoms with Crippen LogP contribution in [0.25, 0.3) is 0 Å². The minimum absolute atomic E-state index is 0.214. The highest BCUT2D eigenvalue weighted by Crippen LogP contribution is 2.28. The second-order valence-electron chi connectivity index (χ2n) is 3.12. The standard InChI is InChI=1S/C10H9F2NO/c1-10(14,9(12)6-13)7-4-2-3-5-8(7)11/h2-5,9,14H,1H3. The van der Waals surface area contributed by atoms with E-state index in [9.17, 15) is 13.9 Å². The zero-order valence-electron chi connectivity index (χ0n) is 7.54. The van der Waals surface area contributed by atoms with Crippen LogP contribution in [0, 0.1) is 17.1 Å². The van der Waals surface area contributed by atoms with Crippen LogP contribution in [0.1, 0.15) is 12.5 Å². The van der Waals surface area contributed by atoms with Crippen molar-refractivity contribution in [1.29, 1.82) is 5.26 Å². The number of nitriles is 1. The number of aliphatic hydroxyl groups is 1. The number of benzene rings is 1. The minimum Gasteiger partial charge on any atom is -0.381 e. The van der Waals surface area contributed by atoms with Crippen LogP contribution in [0.2, 0.25) is 0 Å². The number of rotatable bonds is 2. The van der Waals surface area contributed by atoms with Crippen molar-refractivity contribution >= 4 is 0 Å². The molecule has 0 spiro atoms. The Kier molecular flexibility index (Phi) is 2.82. The lowest BCUT2D eigenvalue weighted by Crippen LogP contribution is -2.33. The second kappa shape index (κ2) is 3.72. The maximum atomic E-state index is 13.1. The Morgan fingerprint density at radius 1 is 1.50 bits per heavy atom. The van der Waals surface area contributed by atoms with Gasteiger partial charge in [-0.3, -0.25) is 0 Å². The van der Waals surface area contributed by atoms with Crippen molar-refractivity contribution in [3.63, 3.8) is 0 Å². The van der Waals surface area contributed by atoms with Crippen molar-refractivity contribution in [3.8, 4) is 6.07 Å². The second-order valence-corrected chi connectivity index (χ2v) is 3.12. The van der Waals surface area contributed by atoms with Crippen molar-refractivity contribution in [1.82, 2.24) is 0 Å². The van der Waals surface area contributed by atoms with Crippen LogP contribution in [0.5, 0.6) is 0 Å². The molecule has 1 aromatic carbocycles. The molecule has 4 heteroatoms. The molecular weight excluding hydrogens is 188 g/mol. The van der Waals surface area contributed by atoms with E-state index >= 15 is 0 Å². The summed E-state index contributed by atoms with van der Waals surface area (Å²) >= 11 is 0. The summed E-state index contributed by atoms with van der Waals surface area (Å²) in [5, 5.41) is 17.9. The Hall–Kier alpha value is -1.47. The molecule has 0 aliphatic carbocycles. The summed E-state index contributed by atoms with van der Waals surface area (Å²) in [6.07, 6.45) is -2.15. The largest absolute Gasteiger partial charge is 0.381 e. The summed E-state index contributed by atoms with van der Waals surface area (Å²) in [7, 11) is 0. The summed E-state index contributed by atoms with van der Waals surface area (Å²) in [5.41, 5.74) is -2.32. The fourth-order valence-corrected chi connectivity index (χ4v) is 1.13. The van der Waals surface area contributed by atoms with E-state index in [1.807, 2.05) is 0 Å². The van der Waals surface area contributed by atoms with Crippen molar-refractivity contribution < 1.29 is 13.9 Å². The third-order valence-electron chi connectivity index (χ3n) is 2.03. The van der Waals surface area contributed by atoms with E-state index in [1.54, 1.807) is 0 Å². The lowest BCUT2D eigenvalue weighted by molar-refractivity contribution is -0.00313. The van der Waals surface area contributed by atoms with Crippen LogP contribution in [0.15, 0.2) is 24.3 Å². The van der Waals surface area contributed by atoms with Gasteiger partial charge in [-0.25, -0.2) is 8.78 Å². The minimum atomic E-state index is -2.15. The summed E-state index contributed by atoms with van der Waals surface area (Å²) in [5.74, 6) is -0.726. The van der Waals surface area contributed by atoms with Gasteiger partial charge in [-0.2, -0.15) is 5.26 Å². The van der Waals surface area contributed by atoms with E-state index in [0.29, 0.717) is 0 Å². The van der Waals surface area contributed by atoms with E-state index in [0.717, 1.165) is 13.0 Å². The van der Waals surface area contributed by atoms with Gasteiger partial charge in [-0.1, -0.05) is 18.2 Å². The summed E-state index contributed by atoms with van der Waals surface area (Å²) in [4.78, 5) is 0. The predicted molar refractivity (Wildman–Crippen MR) is 46.5 cm³/mol. The summed E-state index contributed by atoms with van der Waals surface area (Å²) in [6, 6.07) is 6.50. The van der Waals surface area contributed by atoms with Crippen LogP contribution in [0.4, 0.5) is 8.78 Å². The Morgan fingerprint density at radius 3 is 2.57 bits per heavy atom. The molecule has 0 aromatic heterocycles. The highest BCUT2D eigenvalue weighted by Gasteiger charge is 2.36. The highest BCUT2D eigenvalue weighted by atomic mass is 19.1.